The second kappa shape index (κ2) is 4.72. The summed E-state index contributed by atoms with van der Waals surface area (Å²) in [4.78, 5) is 0. The van der Waals surface area contributed by atoms with Crippen molar-refractivity contribution in [3.8, 4) is 0 Å². The molecule has 0 bridgehead atoms. The van der Waals surface area contributed by atoms with E-state index in [-0.39, 0.29) is 6.10 Å². The molecule has 1 aliphatic heterocycles. The average molecular weight is 210 g/mol. The Labute approximate surface area is 89.5 Å². The monoisotopic (exact) mass is 210 g/mol. The number of hydrogen-bond acceptors (Lipinski definition) is 4. The van der Waals surface area contributed by atoms with Gasteiger partial charge in [0.05, 0.1) is 12.6 Å². The quantitative estimate of drug-likeness (QED) is 0.744. The van der Waals surface area contributed by atoms with E-state index in [1.165, 1.54) is 6.42 Å². The summed E-state index contributed by atoms with van der Waals surface area (Å²) in [6.45, 7) is 4.43. The summed E-state index contributed by atoms with van der Waals surface area (Å²) in [5.74, 6) is 1.45. The third-order valence-corrected chi connectivity index (χ3v) is 2.77. The summed E-state index contributed by atoms with van der Waals surface area (Å²) in [5, 5.41) is 20.8. The lowest BCUT2D eigenvalue weighted by Gasteiger charge is -2.22. The maximum absolute atomic E-state index is 9.35. The molecule has 1 saturated heterocycles. The van der Waals surface area contributed by atoms with Crippen molar-refractivity contribution in [1.82, 2.24) is 20.1 Å². The van der Waals surface area contributed by atoms with E-state index in [1.54, 1.807) is 13.3 Å². The van der Waals surface area contributed by atoms with Gasteiger partial charge in [-0.3, -0.25) is 0 Å². The molecule has 2 atom stereocenters. The Balaban J connectivity index is 2.09. The summed E-state index contributed by atoms with van der Waals surface area (Å²) in [7, 11) is 0. The first-order valence-electron chi connectivity index (χ1n) is 5.54. The smallest absolute Gasteiger partial charge is 0.137 e. The predicted molar refractivity (Wildman–Crippen MR) is 56.5 cm³/mol. The number of nitrogens with zero attached hydrogens (tertiary/aromatic N) is 3. The van der Waals surface area contributed by atoms with Crippen molar-refractivity contribution >= 4 is 0 Å². The average Bonchev–Trinajstić information content (AvgIpc) is 2.66. The van der Waals surface area contributed by atoms with E-state index in [1.807, 2.05) is 4.57 Å². The van der Waals surface area contributed by atoms with Crippen LogP contribution in [0.25, 0.3) is 0 Å². The summed E-state index contributed by atoms with van der Waals surface area (Å²) in [5.41, 5.74) is 0. The zero-order valence-electron chi connectivity index (χ0n) is 9.06. The van der Waals surface area contributed by atoms with Crippen LogP contribution in [0.1, 0.15) is 31.5 Å². The Bertz CT molecular complexity index is 304. The number of nitrogens with one attached hydrogen (secondary N) is 1. The normalized spacial score (nSPS) is 24.0. The summed E-state index contributed by atoms with van der Waals surface area (Å²) in [6.07, 6.45) is 3.70. The molecule has 15 heavy (non-hydrogen) atoms. The zero-order valence-corrected chi connectivity index (χ0v) is 9.06. The van der Waals surface area contributed by atoms with Crippen LogP contribution < -0.4 is 5.32 Å². The highest BCUT2D eigenvalue weighted by Gasteiger charge is 2.20. The van der Waals surface area contributed by atoms with Gasteiger partial charge in [0.15, 0.2) is 0 Å². The van der Waals surface area contributed by atoms with Crippen LogP contribution in [0.4, 0.5) is 0 Å². The standard InChI is InChI=1S/C10H18N4O/c1-8(15)6-14-7-12-13-10(14)9-3-2-4-11-5-9/h7-9,11,15H,2-6H2,1H3. The molecule has 2 heterocycles. The number of aliphatic hydroxyl groups excluding tert-OH is 1. The molecular weight excluding hydrogens is 192 g/mol. The molecule has 0 aliphatic carbocycles. The van der Waals surface area contributed by atoms with Gasteiger partial charge in [0, 0.05) is 12.5 Å². The molecule has 84 valence electrons. The van der Waals surface area contributed by atoms with Gasteiger partial charge in [-0.25, -0.2) is 0 Å². The van der Waals surface area contributed by atoms with Crippen LogP contribution in [0.5, 0.6) is 0 Å². The van der Waals surface area contributed by atoms with Gasteiger partial charge in [0.25, 0.3) is 0 Å². The molecule has 1 fully saturated rings. The SMILES string of the molecule is CC(O)Cn1cnnc1C1CCCNC1. The van der Waals surface area contributed by atoms with Crippen molar-refractivity contribution in [2.45, 2.75) is 38.3 Å². The van der Waals surface area contributed by atoms with Crippen LogP contribution >= 0.6 is 0 Å². The number of rotatable bonds is 3. The van der Waals surface area contributed by atoms with Crippen LogP contribution in [-0.4, -0.2) is 39.1 Å². The van der Waals surface area contributed by atoms with Crippen LogP contribution in [0.15, 0.2) is 6.33 Å². The molecule has 0 aromatic carbocycles. The summed E-state index contributed by atoms with van der Waals surface area (Å²) >= 11 is 0. The molecule has 0 saturated carbocycles. The summed E-state index contributed by atoms with van der Waals surface area (Å²) in [6, 6.07) is 0. The van der Waals surface area contributed by atoms with Gasteiger partial charge >= 0.3 is 0 Å². The van der Waals surface area contributed by atoms with Crippen LogP contribution in [-0.2, 0) is 6.54 Å². The molecule has 0 spiro atoms. The first-order chi connectivity index (χ1) is 7.27. The fraction of sp³-hybridized carbons (Fsp3) is 0.800. The lowest BCUT2D eigenvalue weighted by Crippen LogP contribution is -2.30. The van der Waals surface area contributed by atoms with Crippen molar-refractivity contribution in [2.75, 3.05) is 13.1 Å². The molecule has 2 unspecified atom stereocenters. The highest BCUT2D eigenvalue weighted by Crippen LogP contribution is 2.21. The minimum absolute atomic E-state index is 0.351. The number of aromatic nitrogens is 3. The van der Waals surface area contributed by atoms with E-state index in [9.17, 15) is 5.11 Å². The van der Waals surface area contributed by atoms with E-state index in [0.717, 1.165) is 25.3 Å². The molecule has 1 aromatic heterocycles. The minimum atomic E-state index is -0.351. The second-order valence-electron chi connectivity index (χ2n) is 4.23. The fourth-order valence-corrected chi connectivity index (χ4v) is 2.08. The molecule has 2 rings (SSSR count). The fourth-order valence-electron chi connectivity index (χ4n) is 2.08. The Kier molecular flexibility index (Phi) is 3.33. The highest BCUT2D eigenvalue weighted by molar-refractivity contribution is 4.99. The molecule has 0 radical (unpaired) electrons. The van der Waals surface area contributed by atoms with E-state index in [0.29, 0.717) is 12.5 Å². The first kappa shape index (κ1) is 10.6. The Morgan fingerprint density at radius 2 is 2.60 bits per heavy atom. The Hall–Kier alpha value is -0.940. The molecule has 0 amide bonds. The topological polar surface area (TPSA) is 63.0 Å². The van der Waals surface area contributed by atoms with Gasteiger partial charge in [-0.2, -0.15) is 0 Å². The van der Waals surface area contributed by atoms with Crippen LogP contribution in [0.3, 0.4) is 0 Å². The molecule has 1 aliphatic rings. The molecule has 1 aromatic rings. The Morgan fingerprint density at radius 1 is 1.73 bits per heavy atom. The number of hydrogen-bond donors (Lipinski definition) is 2. The third-order valence-electron chi connectivity index (χ3n) is 2.77. The van der Waals surface area contributed by atoms with Crippen molar-refractivity contribution in [3.05, 3.63) is 12.2 Å². The second-order valence-corrected chi connectivity index (χ2v) is 4.23. The van der Waals surface area contributed by atoms with E-state index >= 15 is 0 Å². The van der Waals surface area contributed by atoms with Crippen molar-refractivity contribution in [1.29, 1.82) is 0 Å². The first-order valence-corrected chi connectivity index (χ1v) is 5.54. The van der Waals surface area contributed by atoms with Gasteiger partial charge in [-0.15, -0.1) is 10.2 Å². The van der Waals surface area contributed by atoms with Crippen LogP contribution in [0.2, 0.25) is 0 Å². The van der Waals surface area contributed by atoms with Gasteiger partial charge in [-0.1, -0.05) is 0 Å². The zero-order chi connectivity index (χ0) is 10.7. The largest absolute Gasteiger partial charge is 0.392 e. The molecular formula is C10H18N4O. The maximum atomic E-state index is 9.35. The van der Waals surface area contributed by atoms with Gasteiger partial charge in [-0.05, 0) is 26.3 Å². The van der Waals surface area contributed by atoms with E-state index in [2.05, 4.69) is 15.5 Å². The maximum Gasteiger partial charge on any atom is 0.137 e. The van der Waals surface area contributed by atoms with Crippen molar-refractivity contribution < 1.29 is 5.11 Å². The van der Waals surface area contributed by atoms with Gasteiger partial charge < -0.3 is 15.0 Å². The Morgan fingerprint density at radius 3 is 3.27 bits per heavy atom. The van der Waals surface area contributed by atoms with E-state index < -0.39 is 0 Å². The highest BCUT2D eigenvalue weighted by atomic mass is 16.3. The lowest BCUT2D eigenvalue weighted by molar-refractivity contribution is 0.171. The molecule has 5 nitrogen and oxygen atoms in total. The third kappa shape index (κ3) is 2.54. The van der Waals surface area contributed by atoms with Crippen LogP contribution in [0, 0.1) is 0 Å². The van der Waals surface area contributed by atoms with E-state index in [4.69, 9.17) is 0 Å². The summed E-state index contributed by atoms with van der Waals surface area (Å²) < 4.78 is 1.96. The predicted octanol–water partition coefficient (Wildman–Crippen LogP) is 0.126. The molecule has 2 N–H and O–H groups in total. The lowest BCUT2D eigenvalue weighted by atomic mass is 9.99. The van der Waals surface area contributed by atoms with Crippen molar-refractivity contribution in [3.63, 3.8) is 0 Å². The number of piperidine rings is 1. The van der Waals surface area contributed by atoms with Gasteiger partial charge in [0.2, 0.25) is 0 Å². The minimum Gasteiger partial charge on any atom is -0.392 e. The van der Waals surface area contributed by atoms with Gasteiger partial charge in [0.1, 0.15) is 12.2 Å². The molecule has 5 heteroatoms. The van der Waals surface area contributed by atoms with Crippen molar-refractivity contribution in [2.24, 2.45) is 0 Å². The number of aliphatic hydroxyl groups is 1.